The van der Waals surface area contributed by atoms with Crippen LogP contribution in [0.15, 0.2) is 111 Å². The Balaban J connectivity index is 0.000000150. The number of hydrogen-bond donors (Lipinski definition) is 1. The highest BCUT2D eigenvalue weighted by Gasteiger charge is 2.25. The van der Waals surface area contributed by atoms with Crippen molar-refractivity contribution in [1.29, 1.82) is 0 Å². The second-order valence-corrected chi connectivity index (χ2v) is 10.5. The largest absolute Gasteiger partial charge is 0.363 e. The Bertz CT molecular complexity index is 1200. The molecule has 1 saturated carbocycles. The molecule has 2 fully saturated rings. The number of likely N-dealkylation sites (N-methyl/N-ethyl adjacent to an activating group) is 1. The quantitative estimate of drug-likeness (QED) is 0.320. The van der Waals surface area contributed by atoms with E-state index in [1.807, 2.05) is 49.5 Å². The molecule has 3 nitrogen and oxygen atoms in total. The molecular weight excluding hydrogens is 493 g/mol. The summed E-state index contributed by atoms with van der Waals surface area (Å²) in [5, 5.41) is 3.08. The number of hydrogen-bond acceptors (Lipinski definition) is 3. The fourth-order valence-corrected chi connectivity index (χ4v) is 4.98. The summed E-state index contributed by atoms with van der Waals surface area (Å²) in [6, 6.07) is 26.5. The summed E-state index contributed by atoms with van der Waals surface area (Å²) in [6.07, 6.45) is 8.93. The van der Waals surface area contributed by atoms with Gasteiger partial charge in [-0.3, -0.25) is 4.90 Å². The molecule has 0 amide bonds. The van der Waals surface area contributed by atoms with E-state index >= 15 is 0 Å². The minimum Gasteiger partial charge on any atom is -0.363 e. The molecule has 1 N–H and O–H groups in total. The molecule has 2 aliphatic heterocycles. The zero-order valence-electron chi connectivity index (χ0n) is 24.4. The second-order valence-electron chi connectivity index (χ2n) is 10.5. The van der Waals surface area contributed by atoms with Crippen LogP contribution in [0.2, 0.25) is 0 Å². The highest BCUT2D eigenvalue weighted by molar-refractivity contribution is 5.68. The van der Waals surface area contributed by atoms with Crippen molar-refractivity contribution in [2.45, 2.75) is 50.7 Å². The van der Waals surface area contributed by atoms with Crippen LogP contribution >= 0.6 is 0 Å². The molecule has 1 saturated heterocycles. The van der Waals surface area contributed by atoms with Gasteiger partial charge in [0.05, 0.1) is 0 Å². The highest BCUT2D eigenvalue weighted by atomic mass is 19.1. The maximum Gasteiger partial charge on any atom is 0.126 e. The van der Waals surface area contributed by atoms with E-state index in [0.29, 0.717) is 12.0 Å². The summed E-state index contributed by atoms with van der Waals surface area (Å²) in [6.45, 7) is 15.6. The molecule has 3 aliphatic rings. The Morgan fingerprint density at radius 1 is 0.925 bits per heavy atom. The van der Waals surface area contributed by atoms with Crippen molar-refractivity contribution in [3.63, 3.8) is 0 Å². The summed E-state index contributed by atoms with van der Waals surface area (Å²) in [5.41, 5.74) is 6.01. The van der Waals surface area contributed by atoms with Gasteiger partial charge in [-0.2, -0.15) is 0 Å². The fourth-order valence-electron chi connectivity index (χ4n) is 4.98. The van der Waals surface area contributed by atoms with Crippen molar-refractivity contribution in [2.24, 2.45) is 0 Å². The number of halogens is 1. The first-order valence-electron chi connectivity index (χ1n) is 14.4. The molecule has 2 heterocycles. The third kappa shape index (κ3) is 9.62. The Morgan fingerprint density at radius 3 is 2.15 bits per heavy atom. The van der Waals surface area contributed by atoms with Gasteiger partial charge in [-0.05, 0) is 75.0 Å². The van der Waals surface area contributed by atoms with Crippen molar-refractivity contribution < 1.29 is 4.39 Å². The topological polar surface area (TPSA) is 18.5 Å². The maximum atomic E-state index is 12.9. The minimum absolute atomic E-state index is 0.0370. The van der Waals surface area contributed by atoms with E-state index in [-0.39, 0.29) is 5.82 Å². The number of nitrogens with zero attached hydrogens (tertiary/aromatic N) is 2. The van der Waals surface area contributed by atoms with Gasteiger partial charge in [0.2, 0.25) is 0 Å². The summed E-state index contributed by atoms with van der Waals surface area (Å²) >= 11 is 0. The van der Waals surface area contributed by atoms with Crippen molar-refractivity contribution in [3.05, 3.63) is 139 Å². The van der Waals surface area contributed by atoms with Crippen molar-refractivity contribution in [2.75, 3.05) is 27.2 Å². The lowest BCUT2D eigenvalue weighted by atomic mass is 10.1. The maximum absolute atomic E-state index is 12.9. The molecular formula is C36H46FN3. The molecule has 1 aliphatic carbocycles. The van der Waals surface area contributed by atoms with Gasteiger partial charge in [0.1, 0.15) is 5.82 Å². The molecule has 3 aromatic carbocycles. The average molecular weight is 540 g/mol. The third-order valence-corrected chi connectivity index (χ3v) is 7.42. The van der Waals surface area contributed by atoms with Gasteiger partial charge in [-0.1, -0.05) is 91.5 Å². The molecule has 0 radical (unpaired) electrons. The van der Waals surface area contributed by atoms with E-state index in [9.17, 15) is 4.39 Å². The molecule has 40 heavy (non-hydrogen) atoms. The molecule has 1 unspecified atom stereocenters. The number of benzene rings is 3. The van der Waals surface area contributed by atoms with Crippen LogP contribution in [0.4, 0.5) is 4.39 Å². The molecule has 0 aromatic heterocycles. The third-order valence-electron chi connectivity index (χ3n) is 7.42. The molecule has 4 heteroatoms. The Labute approximate surface area is 241 Å². The number of likely N-dealkylation sites (tertiary alicyclic amines) is 1. The van der Waals surface area contributed by atoms with E-state index in [0.717, 1.165) is 30.9 Å². The van der Waals surface area contributed by atoms with Crippen LogP contribution in [0.5, 0.6) is 0 Å². The lowest BCUT2D eigenvalue weighted by Crippen LogP contribution is -2.21. The van der Waals surface area contributed by atoms with E-state index in [4.69, 9.17) is 0 Å². The van der Waals surface area contributed by atoms with Crippen molar-refractivity contribution in [1.82, 2.24) is 15.1 Å². The van der Waals surface area contributed by atoms with Gasteiger partial charge in [0.15, 0.2) is 0 Å². The summed E-state index contributed by atoms with van der Waals surface area (Å²) in [7, 11) is 4.10. The predicted octanol–water partition coefficient (Wildman–Crippen LogP) is 8.03. The zero-order valence-corrected chi connectivity index (χ0v) is 24.4. The van der Waals surface area contributed by atoms with E-state index in [2.05, 4.69) is 78.3 Å². The second kappa shape index (κ2) is 16.6. The van der Waals surface area contributed by atoms with Gasteiger partial charge < -0.3 is 10.2 Å². The molecule has 212 valence electrons. The van der Waals surface area contributed by atoms with Crippen LogP contribution in [0.25, 0.3) is 5.70 Å². The standard InChI is InChI=1S/C12H13N.C9H9F.C8H11N.C7H13N/c1-3-8-13-9-11-6-4-5-7-12(11)10(13)2;10-9-4-2-1-3-8(9)7-5-6-7;1-9-7-8-5-3-2-4-6-8;1-3-7-5-4-6-8(7)2/h3-7H,1-2,8-9H2;1-4,7H,5-6H2;2-6,9H,7H2,1H3;3,7H,1,4-6H2,2H3. The normalized spacial score (nSPS) is 17.3. The fraction of sp³-hybridized carbons (Fsp3) is 0.333. The van der Waals surface area contributed by atoms with Crippen molar-refractivity contribution >= 4 is 5.70 Å². The summed E-state index contributed by atoms with van der Waals surface area (Å²) < 4.78 is 12.9. The molecule has 0 spiro atoms. The summed E-state index contributed by atoms with van der Waals surface area (Å²) in [4.78, 5) is 4.57. The van der Waals surface area contributed by atoms with Crippen LogP contribution in [0.3, 0.4) is 0 Å². The number of rotatable bonds is 6. The van der Waals surface area contributed by atoms with Gasteiger partial charge >= 0.3 is 0 Å². The SMILES string of the molecule is C=CC1CCCN1C.C=CCN1Cc2ccccc2C1=C.CNCc1ccccc1.Fc1ccccc1C1CC1. The Morgan fingerprint density at radius 2 is 1.60 bits per heavy atom. The smallest absolute Gasteiger partial charge is 0.126 e. The first-order chi connectivity index (χ1) is 19.5. The molecule has 3 aromatic rings. The van der Waals surface area contributed by atoms with Gasteiger partial charge in [0.25, 0.3) is 0 Å². The number of nitrogens with one attached hydrogen (secondary N) is 1. The van der Waals surface area contributed by atoms with Crippen LogP contribution in [0.1, 0.15) is 53.9 Å². The van der Waals surface area contributed by atoms with E-state index < -0.39 is 0 Å². The predicted molar refractivity (Wildman–Crippen MR) is 170 cm³/mol. The summed E-state index contributed by atoms with van der Waals surface area (Å²) in [5.74, 6) is 0.492. The van der Waals surface area contributed by atoms with Crippen LogP contribution in [-0.2, 0) is 13.1 Å². The minimum atomic E-state index is -0.0370. The monoisotopic (exact) mass is 539 g/mol. The van der Waals surface area contributed by atoms with E-state index in [1.165, 1.54) is 55.0 Å². The van der Waals surface area contributed by atoms with Crippen LogP contribution < -0.4 is 5.32 Å². The van der Waals surface area contributed by atoms with Crippen LogP contribution in [-0.4, -0.2) is 43.0 Å². The molecule has 0 bridgehead atoms. The highest BCUT2D eigenvalue weighted by Crippen LogP contribution is 2.40. The molecule has 1 atom stereocenters. The Hall–Kier alpha value is -3.47. The Kier molecular flexibility index (Phi) is 12.9. The van der Waals surface area contributed by atoms with Gasteiger partial charge in [-0.25, -0.2) is 4.39 Å². The van der Waals surface area contributed by atoms with Crippen molar-refractivity contribution in [3.8, 4) is 0 Å². The first kappa shape index (κ1) is 31.1. The number of fused-ring (bicyclic) bond motifs is 1. The van der Waals surface area contributed by atoms with Gasteiger partial charge in [0, 0.05) is 36.9 Å². The lowest BCUT2D eigenvalue weighted by molar-refractivity contribution is 0.357. The first-order valence-corrected chi connectivity index (χ1v) is 14.4. The van der Waals surface area contributed by atoms with Gasteiger partial charge in [-0.15, -0.1) is 13.2 Å². The molecule has 6 rings (SSSR count). The average Bonchev–Trinajstić information content (AvgIpc) is 3.66. The lowest BCUT2D eigenvalue weighted by Gasteiger charge is -2.16. The zero-order chi connectivity index (χ0) is 28.7. The van der Waals surface area contributed by atoms with E-state index in [1.54, 1.807) is 6.07 Å². The van der Waals surface area contributed by atoms with Crippen LogP contribution in [0, 0.1) is 5.82 Å².